The minimum absolute atomic E-state index is 0.135. The number of aryl methyl sites for hydroxylation is 1. The van der Waals surface area contributed by atoms with Crippen molar-refractivity contribution in [1.82, 2.24) is 4.90 Å². The van der Waals surface area contributed by atoms with Crippen molar-refractivity contribution >= 4 is 49.1 Å². The van der Waals surface area contributed by atoms with Gasteiger partial charge in [-0.1, -0.05) is 29.8 Å². The predicted octanol–water partition coefficient (Wildman–Crippen LogP) is 5.39. The van der Waals surface area contributed by atoms with Crippen LogP contribution >= 0.6 is 43.2 Å². The summed E-state index contributed by atoms with van der Waals surface area (Å²) in [6.07, 6.45) is 2.23. The molecule has 2 nitrogen and oxygen atoms in total. The molecule has 3 rings (SSSR count). The van der Waals surface area contributed by atoms with Crippen molar-refractivity contribution in [3.63, 3.8) is 0 Å². The van der Waals surface area contributed by atoms with E-state index in [0.29, 0.717) is 12.6 Å². The van der Waals surface area contributed by atoms with Crippen LogP contribution in [0.5, 0.6) is 0 Å². The molecule has 0 spiro atoms. The van der Waals surface area contributed by atoms with Crippen LogP contribution in [-0.2, 0) is 6.54 Å². The van der Waals surface area contributed by atoms with Crippen LogP contribution in [0.1, 0.15) is 33.6 Å². The molecule has 0 saturated heterocycles. The highest BCUT2D eigenvalue weighted by Gasteiger charge is 2.33. The largest absolute Gasteiger partial charge is 0.331 e. The second kappa shape index (κ2) is 6.23. The lowest BCUT2D eigenvalue weighted by Gasteiger charge is -2.22. The molecule has 0 N–H and O–H groups in total. The first-order valence-electron chi connectivity index (χ1n) is 6.86. The molecule has 1 aliphatic carbocycles. The fourth-order valence-electron chi connectivity index (χ4n) is 2.35. The van der Waals surface area contributed by atoms with Gasteiger partial charge in [-0.3, -0.25) is 4.79 Å². The molecule has 1 aromatic carbocycles. The summed E-state index contributed by atoms with van der Waals surface area (Å²) in [7, 11) is 0. The Kier molecular flexibility index (Phi) is 4.52. The normalized spacial score (nSPS) is 14.2. The van der Waals surface area contributed by atoms with E-state index in [4.69, 9.17) is 0 Å². The van der Waals surface area contributed by atoms with Gasteiger partial charge in [-0.2, -0.15) is 0 Å². The van der Waals surface area contributed by atoms with Crippen LogP contribution in [-0.4, -0.2) is 16.8 Å². The van der Waals surface area contributed by atoms with E-state index in [0.717, 1.165) is 26.0 Å². The molecule has 0 radical (unpaired) electrons. The zero-order chi connectivity index (χ0) is 15.0. The lowest BCUT2D eigenvalue weighted by molar-refractivity contribution is 0.0735. The zero-order valence-electron chi connectivity index (χ0n) is 11.6. The Bertz CT molecular complexity index is 659. The smallest absolute Gasteiger partial charge is 0.264 e. The molecule has 0 atom stereocenters. The summed E-state index contributed by atoms with van der Waals surface area (Å²) in [6.45, 7) is 2.78. The maximum atomic E-state index is 12.8. The summed E-state index contributed by atoms with van der Waals surface area (Å²) in [4.78, 5) is 15.6. The van der Waals surface area contributed by atoms with Crippen LogP contribution in [0, 0.1) is 6.92 Å². The molecule has 1 fully saturated rings. The van der Waals surface area contributed by atoms with Crippen LogP contribution < -0.4 is 0 Å². The molecule has 1 heterocycles. The Balaban J connectivity index is 1.83. The molecule has 5 heteroatoms. The minimum Gasteiger partial charge on any atom is -0.331 e. The van der Waals surface area contributed by atoms with Gasteiger partial charge in [-0.05, 0) is 63.3 Å². The van der Waals surface area contributed by atoms with E-state index in [-0.39, 0.29) is 5.91 Å². The third-order valence-electron chi connectivity index (χ3n) is 3.54. The number of amides is 1. The summed E-state index contributed by atoms with van der Waals surface area (Å²) < 4.78 is 1.92. The Labute approximate surface area is 145 Å². The highest BCUT2D eigenvalue weighted by Crippen LogP contribution is 2.36. The molecule has 1 saturated carbocycles. The lowest BCUT2D eigenvalue weighted by atomic mass is 10.1. The number of halogens is 2. The number of hydrogen-bond acceptors (Lipinski definition) is 2. The van der Waals surface area contributed by atoms with Crippen molar-refractivity contribution in [3.05, 3.63) is 54.6 Å². The van der Waals surface area contributed by atoms with Crippen molar-refractivity contribution < 1.29 is 4.79 Å². The van der Waals surface area contributed by atoms with E-state index < -0.39 is 0 Å². The first kappa shape index (κ1) is 15.3. The average molecular weight is 429 g/mol. The fourth-order valence-corrected chi connectivity index (χ4v) is 4.35. The Morgan fingerprint density at radius 1 is 1.33 bits per heavy atom. The predicted molar refractivity (Wildman–Crippen MR) is 93.8 cm³/mol. The van der Waals surface area contributed by atoms with Gasteiger partial charge in [0.05, 0.1) is 8.66 Å². The summed E-state index contributed by atoms with van der Waals surface area (Å²) in [6, 6.07) is 10.7. The monoisotopic (exact) mass is 427 g/mol. The fraction of sp³-hybridized carbons (Fsp3) is 0.312. The van der Waals surface area contributed by atoms with Crippen LogP contribution in [0.4, 0.5) is 0 Å². The number of rotatable bonds is 4. The van der Waals surface area contributed by atoms with Crippen molar-refractivity contribution in [3.8, 4) is 0 Å². The molecular weight excluding hydrogens is 414 g/mol. The van der Waals surface area contributed by atoms with E-state index in [1.165, 1.54) is 22.5 Å². The molecule has 110 valence electrons. The average Bonchev–Trinajstić information content (AvgIpc) is 3.22. The number of thiophene rings is 1. The van der Waals surface area contributed by atoms with Gasteiger partial charge < -0.3 is 4.90 Å². The van der Waals surface area contributed by atoms with Crippen LogP contribution in [0.3, 0.4) is 0 Å². The van der Waals surface area contributed by atoms with Crippen LogP contribution in [0.15, 0.2) is 38.6 Å². The highest BCUT2D eigenvalue weighted by atomic mass is 79.9. The second-order valence-corrected chi connectivity index (χ2v) is 8.61. The highest BCUT2D eigenvalue weighted by molar-refractivity contribution is 9.13. The molecule has 1 aliphatic rings. The standard InChI is InChI=1S/C16H15Br2NOS/c1-10-3-2-4-11(7-10)9-19(12-5-6-12)16(20)14-8-13(17)15(18)21-14/h2-4,7-8,12H,5-6,9H2,1H3. The van der Waals surface area contributed by atoms with E-state index in [2.05, 4.69) is 63.0 Å². The first-order valence-corrected chi connectivity index (χ1v) is 9.26. The van der Waals surface area contributed by atoms with Gasteiger partial charge in [0.2, 0.25) is 0 Å². The van der Waals surface area contributed by atoms with Crippen molar-refractivity contribution in [1.29, 1.82) is 0 Å². The van der Waals surface area contributed by atoms with E-state index in [9.17, 15) is 4.79 Å². The molecule has 1 aromatic heterocycles. The summed E-state index contributed by atoms with van der Waals surface area (Å²) in [5, 5.41) is 0. The van der Waals surface area contributed by atoms with Gasteiger partial charge in [-0.15, -0.1) is 11.3 Å². The van der Waals surface area contributed by atoms with Crippen LogP contribution in [0.25, 0.3) is 0 Å². The summed E-state index contributed by atoms with van der Waals surface area (Å²) >= 11 is 8.41. The van der Waals surface area contributed by atoms with Crippen molar-refractivity contribution in [2.75, 3.05) is 0 Å². The van der Waals surface area contributed by atoms with Crippen LogP contribution in [0.2, 0.25) is 0 Å². The molecule has 0 aliphatic heterocycles. The molecule has 1 amide bonds. The Morgan fingerprint density at radius 2 is 2.10 bits per heavy atom. The summed E-state index contributed by atoms with van der Waals surface area (Å²) in [5.41, 5.74) is 2.43. The van der Waals surface area contributed by atoms with Gasteiger partial charge in [0.15, 0.2) is 0 Å². The van der Waals surface area contributed by atoms with E-state index >= 15 is 0 Å². The number of nitrogens with zero attached hydrogens (tertiary/aromatic N) is 1. The van der Waals surface area contributed by atoms with Gasteiger partial charge in [0, 0.05) is 17.1 Å². The quantitative estimate of drug-likeness (QED) is 0.639. The molecular formula is C16H15Br2NOS. The molecule has 21 heavy (non-hydrogen) atoms. The first-order chi connectivity index (χ1) is 10.0. The third kappa shape index (κ3) is 3.58. The minimum atomic E-state index is 0.135. The maximum Gasteiger partial charge on any atom is 0.264 e. The Morgan fingerprint density at radius 3 is 2.67 bits per heavy atom. The lowest BCUT2D eigenvalue weighted by Crippen LogP contribution is -2.32. The number of carbonyl (C=O) groups excluding carboxylic acids is 1. The molecule has 0 unspecified atom stereocenters. The number of benzene rings is 1. The number of carbonyl (C=O) groups is 1. The Hall–Kier alpha value is -0.650. The maximum absolute atomic E-state index is 12.8. The molecule has 2 aromatic rings. The van der Waals surface area contributed by atoms with Crippen molar-refractivity contribution in [2.45, 2.75) is 32.4 Å². The van der Waals surface area contributed by atoms with Gasteiger partial charge in [-0.25, -0.2) is 0 Å². The van der Waals surface area contributed by atoms with Gasteiger partial charge in [0.25, 0.3) is 5.91 Å². The summed E-state index contributed by atoms with van der Waals surface area (Å²) in [5.74, 6) is 0.135. The van der Waals surface area contributed by atoms with E-state index in [1.807, 2.05) is 11.0 Å². The van der Waals surface area contributed by atoms with Gasteiger partial charge in [0.1, 0.15) is 0 Å². The third-order valence-corrected chi connectivity index (χ3v) is 6.78. The topological polar surface area (TPSA) is 20.3 Å². The van der Waals surface area contributed by atoms with E-state index in [1.54, 1.807) is 0 Å². The molecule has 0 bridgehead atoms. The SMILES string of the molecule is Cc1cccc(CN(C(=O)c2cc(Br)c(Br)s2)C2CC2)c1. The van der Waals surface area contributed by atoms with Gasteiger partial charge >= 0.3 is 0 Å². The van der Waals surface area contributed by atoms with Crippen molar-refractivity contribution in [2.24, 2.45) is 0 Å². The second-order valence-electron chi connectivity index (χ2n) is 5.39. The zero-order valence-corrected chi connectivity index (χ0v) is 15.6. The number of hydrogen-bond donors (Lipinski definition) is 0.